The summed E-state index contributed by atoms with van der Waals surface area (Å²) in [6.07, 6.45) is 4.68. The second-order valence-electron chi connectivity index (χ2n) is 7.76. The Kier molecular flexibility index (Phi) is 7.48. The first-order valence-electron chi connectivity index (χ1n) is 11.0. The number of hydrogen-bond donors (Lipinski definition) is 0. The molecule has 3 heterocycles. The summed E-state index contributed by atoms with van der Waals surface area (Å²) in [7, 11) is 1.59. The topological polar surface area (TPSA) is 94.0 Å². The highest BCUT2D eigenvalue weighted by Crippen LogP contribution is 2.43. The molecule has 0 saturated carbocycles. The van der Waals surface area contributed by atoms with E-state index in [1.165, 1.54) is 12.5 Å². The van der Waals surface area contributed by atoms with Crippen molar-refractivity contribution in [2.24, 2.45) is 4.99 Å². The third-order valence-corrected chi connectivity index (χ3v) is 6.72. The number of aliphatic imine (C=N–C) groups is 1. The second-order valence-corrected chi connectivity index (χ2v) is 9.84. The summed E-state index contributed by atoms with van der Waals surface area (Å²) in [5, 5.41) is 9.94. The number of ether oxygens (including phenoxy) is 2. The minimum Gasteiger partial charge on any atom is -0.493 e. The van der Waals surface area contributed by atoms with E-state index in [0.717, 1.165) is 19.2 Å². The molecular weight excluding hydrogens is 651 g/mol. The van der Waals surface area contributed by atoms with E-state index in [4.69, 9.17) is 22.7 Å². The Morgan fingerprint density at radius 3 is 2.43 bits per heavy atom. The highest BCUT2D eigenvalue weighted by Gasteiger charge is 2.26. The Morgan fingerprint density at radius 2 is 1.78 bits per heavy atom. The van der Waals surface area contributed by atoms with Gasteiger partial charge in [-0.15, -0.1) is 0 Å². The van der Waals surface area contributed by atoms with E-state index >= 15 is 0 Å². The zero-order valence-electron chi connectivity index (χ0n) is 19.4. The number of rotatable bonds is 8. The van der Waals surface area contributed by atoms with E-state index in [-0.39, 0.29) is 11.4 Å². The van der Waals surface area contributed by atoms with Gasteiger partial charge in [-0.1, -0.05) is 28.1 Å². The lowest BCUT2D eigenvalue weighted by molar-refractivity contribution is 0.282. The fourth-order valence-corrected chi connectivity index (χ4v) is 4.72. The van der Waals surface area contributed by atoms with Crippen molar-refractivity contribution in [1.29, 1.82) is 5.26 Å². The molecular formula is C28H18BrIN2O5. The standard InChI is InChI=1S/C28H18BrIN2O5/c1-33-24-13-18(12-21(30)26(24)36-16-17-6-8-19(29)9-7-17)15-32-28-20(14-31)25(22-4-2-10-34-22)27(37-28)23-5-3-11-35-23/h2-13,15H,16H2,1H3. The van der Waals surface area contributed by atoms with Crippen LogP contribution in [0.2, 0.25) is 0 Å². The maximum atomic E-state index is 9.94. The van der Waals surface area contributed by atoms with Crippen LogP contribution in [0.15, 0.2) is 95.9 Å². The van der Waals surface area contributed by atoms with Gasteiger partial charge in [0.2, 0.25) is 5.88 Å². The fourth-order valence-electron chi connectivity index (χ4n) is 3.67. The minimum absolute atomic E-state index is 0.143. The molecule has 0 fully saturated rings. The van der Waals surface area contributed by atoms with Crippen molar-refractivity contribution >= 4 is 50.6 Å². The molecule has 0 N–H and O–H groups in total. The number of methoxy groups -OCH3 is 1. The summed E-state index contributed by atoms with van der Waals surface area (Å²) in [6, 6.07) is 20.8. The van der Waals surface area contributed by atoms with Gasteiger partial charge in [0.25, 0.3) is 0 Å². The van der Waals surface area contributed by atoms with E-state index in [1.54, 1.807) is 37.6 Å². The summed E-state index contributed by atoms with van der Waals surface area (Å²) in [6.45, 7) is 0.399. The van der Waals surface area contributed by atoms with Crippen molar-refractivity contribution in [2.75, 3.05) is 7.11 Å². The number of nitriles is 1. The molecule has 0 aliphatic heterocycles. The van der Waals surface area contributed by atoms with E-state index in [2.05, 4.69) is 49.6 Å². The van der Waals surface area contributed by atoms with Gasteiger partial charge in [-0.05, 0) is 82.2 Å². The maximum absolute atomic E-state index is 9.94. The Hall–Kier alpha value is -3.75. The van der Waals surface area contributed by atoms with E-state index in [1.807, 2.05) is 36.4 Å². The fraction of sp³-hybridized carbons (Fsp3) is 0.0714. The molecule has 0 spiro atoms. The zero-order valence-corrected chi connectivity index (χ0v) is 23.1. The number of halogens is 2. The Labute approximate surface area is 234 Å². The highest BCUT2D eigenvalue weighted by atomic mass is 127. The van der Waals surface area contributed by atoms with E-state index < -0.39 is 0 Å². The van der Waals surface area contributed by atoms with Crippen LogP contribution in [0, 0.1) is 14.9 Å². The highest BCUT2D eigenvalue weighted by molar-refractivity contribution is 14.1. The molecule has 2 aromatic carbocycles. The third-order valence-electron chi connectivity index (χ3n) is 5.39. The summed E-state index contributed by atoms with van der Waals surface area (Å²) in [5.74, 6) is 2.67. The molecule has 0 saturated heterocycles. The maximum Gasteiger partial charge on any atom is 0.238 e. The quantitative estimate of drug-likeness (QED) is 0.122. The lowest BCUT2D eigenvalue weighted by Crippen LogP contribution is -2.00. The second kappa shape index (κ2) is 11.1. The Bertz CT molecular complexity index is 1580. The molecule has 0 unspecified atom stereocenters. The van der Waals surface area contributed by atoms with Crippen molar-refractivity contribution in [3.8, 4) is 40.4 Å². The summed E-state index contributed by atoms with van der Waals surface area (Å²) in [5.41, 5.74) is 2.51. The molecule has 9 heteroatoms. The molecule has 0 aliphatic rings. The number of nitrogens with zero attached hydrogens (tertiary/aromatic N) is 2. The van der Waals surface area contributed by atoms with Crippen LogP contribution in [0.25, 0.3) is 22.8 Å². The molecule has 0 atom stereocenters. The first-order chi connectivity index (χ1) is 18.1. The summed E-state index contributed by atoms with van der Waals surface area (Å²) < 4.78 is 30.6. The molecule has 0 aliphatic carbocycles. The van der Waals surface area contributed by atoms with Gasteiger partial charge in [-0.25, -0.2) is 4.99 Å². The minimum atomic E-state index is 0.143. The first kappa shape index (κ1) is 24.9. The molecule has 3 aromatic heterocycles. The van der Waals surface area contributed by atoms with Gasteiger partial charge < -0.3 is 22.7 Å². The monoisotopic (exact) mass is 668 g/mol. The Morgan fingerprint density at radius 1 is 1.05 bits per heavy atom. The molecule has 184 valence electrons. The van der Waals surface area contributed by atoms with Gasteiger partial charge in [-0.2, -0.15) is 5.26 Å². The number of benzene rings is 2. The largest absolute Gasteiger partial charge is 0.493 e. The SMILES string of the molecule is COc1cc(C=Nc2oc(-c3ccco3)c(-c3ccco3)c2C#N)cc(I)c1OCc1ccc(Br)cc1. The average Bonchev–Trinajstić information content (AvgIpc) is 3.68. The normalized spacial score (nSPS) is 11.1. The van der Waals surface area contributed by atoms with E-state index in [0.29, 0.717) is 41.0 Å². The van der Waals surface area contributed by atoms with Gasteiger partial charge in [0.15, 0.2) is 23.0 Å². The number of furan rings is 3. The van der Waals surface area contributed by atoms with Crippen molar-refractivity contribution in [3.05, 3.63) is 97.9 Å². The molecule has 5 aromatic rings. The molecule has 0 bridgehead atoms. The van der Waals surface area contributed by atoms with Gasteiger partial charge in [0.05, 0.1) is 28.8 Å². The van der Waals surface area contributed by atoms with Crippen molar-refractivity contribution < 1.29 is 22.7 Å². The predicted octanol–water partition coefficient (Wildman–Crippen LogP) is 8.38. The van der Waals surface area contributed by atoms with Crippen molar-refractivity contribution in [1.82, 2.24) is 0 Å². The summed E-state index contributed by atoms with van der Waals surface area (Å²) >= 11 is 5.64. The van der Waals surface area contributed by atoms with Crippen LogP contribution < -0.4 is 9.47 Å². The molecule has 0 amide bonds. The molecule has 0 radical (unpaired) electrons. The van der Waals surface area contributed by atoms with Crippen LogP contribution in [0.3, 0.4) is 0 Å². The lowest BCUT2D eigenvalue weighted by atomic mass is 10.1. The van der Waals surface area contributed by atoms with Crippen molar-refractivity contribution in [2.45, 2.75) is 6.61 Å². The Balaban J connectivity index is 1.46. The third kappa shape index (κ3) is 5.35. The van der Waals surface area contributed by atoms with Gasteiger partial charge in [0.1, 0.15) is 24.0 Å². The van der Waals surface area contributed by atoms with Crippen LogP contribution >= 0.6 is 38.5 Å². The first-order valence-corrected chi connectivity index (χ1v) is 12.9. The van der Waals surface area contributed by atoms with Crippen molar-refractivity contribution in [3.63, 3.8) is 0 Å². The van der Waals surface area contributed by atoms with E-state index in [9.17, 15) is 5.26 Å². The smallest absolute Gasteiger partial charge is 0.238 e. The molecule has 5 rings (SSSR count). The van der Waals surface area contributed by atoms with Crippen LogP contribution in [0.1, 0.15) is 16.7 Å². The molecule has 7 nitrogen and oxygen atoms in total. The van der Waals surface area contributed by atoms with Crippen LogP contribution in [-0.2, 0) is 6.61 Å². The zero-order chi connectivity index (χ0) is 25.8. The average molecular weight is 669 g/mol. The number of hydrogen-bond acceptors (Lipinski definition) is 7. The predicted molar refractivity (Wildman–Crippen MR) is 150 cm³/mol. The van der Waals surface area contributed by atoms with Gasteiger partial charge in [0, 0.05) is 10.7 Å². The van der Waals surface area contributed by atoms with Gasteiger partial charge in [-0.3, -0.25) is 0 Å². The lowest BCUT2D eigenvalue weighted by Gasteiger charge is -2.13. The molecule has 37 heavy (non-hydrogen) atoms. The van der Waals surface area contributed by atoms with Gasteiger partial charge >= 0.3 is 0 Å². The van der Waals surface area contributed by atoms with Crippen LogP contribution in [0.5, 0.6) is 11.5 Å². The van der Waals surface area contributed by atoms with Crippen LogP contribution in [-0.4, -0.2) is 13.3 Å². The summed E-state index contributed by atoms with van der Waals surface area (Å²) in [4.78, 5) is 4.49. The van der Waals surface area contributed by atoms with Crippen LogP contribution in [0.4, 0.5) is 5.88 Å².